The van der Waals surface area contributed by atoms with Gasteiger partial charge in [-0.15, -0.1) is 0 Å². The van der Waals surface area contributed by atoms with Crippen molar-refractivity contribution in [2.24, 2.45) is 0 Å². The van der Waals surface area contributed by atoms with E-state index in [-0.39, 0.29) is 24.9 Å². The number of benzene rings is 1. The van der Waals surface area contributed by atoms with Crippen LogP contribution in [-0.4, -0.2) is 46.7 Å². The Morgan fingerprint density at radius 2 is 1.95 bits per heavy atom. The summed E-state index contributed by atoms with van der Waals surface area (Å²) < 4.78 is 0. The molecule has 1 aromatic heterocycles. The van der Waals surface area contributed by atoms with Crippen LogP contribution in [0.5, 0.6) is 0 Å². The molecular weight excluding hydrogens is 268 g/mol. The van der Waals surface area contributed by atoms with Crippen LogP contribution in [0, 0.1) is 0 Å². The number of nitrogens with two attached hydrogens (primary N) is 1. The Hall–Kier alpha value is -2.63. The number of amides is 2. The van der Waals surface area contributed by atoms with Crippen molar-refractivity contribution in [3.63, 3.8) is 0 Å². The molecule has 0 unspecified atom stereocenters. The zero-order chi connectivity index (χ0) is 15.0. The lowest BCUT2D eigenvalue weighted by Gasteiger charge is -2.31. The first-order valence-electron chi connectivity index (χ1n) is 6.70. The van der Waals surface area contributed by atoms with Gasteiger partial charge in [-0.3, -0.25) is 9.59 Å². The summed E-state index contributed by atoms with van der Waals surface area (Å²) in [6.45, 7) is 0.503. The molecule has 0 radical (unpaired) electrons. The number of pyridine rings is 1. The standard InChI is InChI=1S/C15H16N4O2/c1-18-8-14(21)19(9-13(18)20)7-11-6-10-4-2-3-5-12(10)17-15(11)16/h2-6H,7-9H2,1H3,(H2,16,17). The number of rotatable bonds is 2. The highest BCUT2D eigenvalue weighted by molar-refractivity contribution is 5.92. The molecular formula is C15H16N4O2. The fourth-order valence-electron chi connectivity index (χ4n) is 2.41. The van der Waals surface area contributed by atoms with Gasteiger partial charge < -0.3 is 15.5 Å². The zero-order valence-corrected chi connectivity index (χ0v) is 11.7. The van der Waals surface area contributed by atoms with Crippen molar-refractivity contribution in [3.05, 3.63) is 35.9 Å². The molecule has 2 aromatic rings. The summed E-state index contributed by atoms with van der Waals surface area (Å²) in [5.74, 6) is 0.249. The van der Waals surface area contributed by atoms with Gasteiger partial charge in [0, 0.05) is 24.5 Å². The molecule has 108 valence electrons. The van der Waals surface area contributed by atoms with E-state index in [1.807, 2.05) is 30.3 Å². The van der Waals surface area contributed by atoms with E-state index < -0.39 is 0 Å². The predicted octanol–water partition coefficient (Wildman–Crippen LogP) is 0.618. The van der Waals surface area contributed by atoms with Gasteiger partial charge in [0.1, 0.15) is 12.4 Å². The first-order valence-corrected chi connectivity index (χ1v) is 6.70. The molecule has 1 aliphatic heterocycles. The van der Waals surface area contributed by atoms with Crippen LogP contribution in [0.3, 0.4) is 0 Å². The van der Waals surface area contributed by atoms with Crippen molar-refractivity contribution in [2.75, 3.05) is 25.9 Å². The number of likely N-dealkylation sites (N-methyl/N-ethyl adjacent to an activating group) is 1. The van der Waals surface area contributed by atoms with Crippen LogP contribution >= 0.6 is 0 Å². The van der Waals surface area contributed by atoms with E-state index in [2.05, 4.69) is 4.98 Å². The van der Waals surface area contributed by atoms with E-state index in [1.54, 1.807) is 7.05 Å². The SMILES string of the molecule is CN1CC(=O)N(Cc2cc3ccccc3nc2N)CC1=O. The summed E-state index contributed by atoms with van der Waals surface area (Å²) in [7, 11) is 1.63. The third-order valence-electron chi connectivity index (χ3n) is 3.67. The van der Waals surface area contributed by atoms with Crippen molar-refractivity contribution in [1.29, 1.82) is 0 Å². The van der Waals surface area contributed by atoms with E-state index in [9.17, 15) is 9.59 Å². The predicted molar refractivity (Wildman–Crippen MR) is 79.2 cm³/mol. The first kappa shape index (κ1) is 13.4. The van der Waals surface area contributed by atoms with E-state index in [1.165, 1.54) is 9.80 Å². The van der Waals surface area contributed by atoms with Gasteiger partial charge >= 0.3 is 0 Å². The molecule has 3 rings (SSSR count). The largest absolute Gasteiger partial charge is 0.383 e. The minimum absolute atomic E-state index is 0.0677. The fourth-order valence-corrected chi connectivity index (χ4v) is 2.41. The highest BCUT2D eigenvalue weighted by atomic mass is 16.2. The average Bonchev–Trinajstić information content (AvgIpc) is 2.45. The smallest absolute Gasteiger partial charge is 0.242 e. The maximum Gasteiger partial charge on any atom is 0.242 e. The molecule has 1 aromatic carbocycles. The van der Waals surface area contributed by atoms with Gasteiger partial charge in [0.05, 0.1) is 12.1 Å². The molecule has 1 saturated heterocycles. The third-order valence-corrected chi connectivity index (χ3v) is 3.67. The molecule has 2 heterocycles. The van der Waals surface area contributed by atoms with Crippen LogP contribution in [0.4, 0.5) is 5.82 Å². The van der Waals surface area contributed by atoms with Crippen LogP contribution in [0.25, 0.3) is 10.9 Å². The lowest BCUT2D eigenvalue weighted by Crippen LogP contribution is -2.51. The molecule has 0 spiro atoms. The number of para-hydroxylation sites is 1. The van der Waals surface area contributed by atoms with Gasteiger partial charge in [-0.25, -0.2) is 4.98 Å². The molecule has 1 fully saturated rings. The Kier molecular flexibility index (Phi) is 3.21. The third kappa shape index (κ3) is 2.52. The Morgan fingerprint density at radius 1 is 1.19 bits per heavy atom. The highest BCUT2D eigenvalue weighted by Crippen LogP contribution is 2.20. The van der Waals surface area contributed by atoms with Gasteiger partial charge in [-0.05, 0) is 12.1 Å². The topological polar surface area (TPSA) is 79.5 Å². The average molecular weight is 284 g/mol. The second-order valence-electron chi connectivity index (χ2n) is 5.23. The summed E-state index contributed by atoms with van der Waals surface area (Å²) in [6, 6.07) is 9.58. The van der Waals surface area contributed by atoms with Gasteiger partial charge in [-0.2, -0.15) is 0 Å². The van der Waals surface area contributed by atoms with E-state index in [0.29, 0.717) is 12.4 Å². The number of hydrogen-bond donors (Lipinski definition) is 1. The van der Waals surface area contributed by atoms with E-state index in [0.717, 1.165) is 16.5 Å². The monoisotopic (exact) mass is 284 g/mol. The summed E-state index contributed by atoms with van der Waals surface area (Å²) in [5.41, 5.74) is 7.55. The van der Waals surface area contributed by atoms with Crippen molar-refractivity contribution < 1.29 is 9.59 Å². The zero-order valence-electron chi connectivity index (χ0n) is 11.7. The maximum atomic E-state index is 12.0. The Balaban J connectivity index is 1.89. The summed E-state index contributed by atoms with van der Waals surface area (Å²) in [6.07, 6.45) is 0. The number of hydrogen-bond acceptors (Lipinski definition) is 4. The van der Waals surface area contributed by atoms with Crippen LogP contribution in [0.2, 0.25) is 0 Å². The Morgan fingerprint density at radius 3 is 2.76 bits per heavy atom. The molecule has 6 heteroatoms. The second kappa shape index (κ2) is 5.05. The Labute approximate surface area is 122 Å². The number of carbonyl (C=O) groups is 2. The van der Waals surface area contributed by atoms with E-state index >= 15 is 0 Å². The van der Waals surface area contributed by atoms with Crippen LogP contribution in [0.1, 0.15) is 5.56 Å². The molecule has 2 amide bonds. The fraction of sp³-hybridized carbons (Fsp3) is 0.267. The minimum Gasteiger partial charge on any atom is -0.383 e. The maximum absolute atomic E-state index is 12.0. The van der Waals surface area contributed by atoms with Crippen LogP contribution in [0.15, 0.2) is 30.3 Å². The van der Waals surface area contributed by atoms with Gasteiger partial charge in [0.2, 0.25) is 11.8 Å². The van der Waals surface area contributed by atoms with E-state index in [4.69, 9.17) is 5.73 Å². The summed E-state index contributed by atoms with van der Waals surface area (Å²) >= 11 is 0. The quantitative estimate of drug-likeness (QED) is 0.876. The van der Waals surface area contributed by atoms with Crippen molar-refractivity contribution >= 4 is 28.5 Å². The molecule has 21 heavy (non-hydrogen) atoms. The summed E-state index contributed by atoms with van der Waals surface area (Å²) in [5, 5.41) is 0.967. The second-order valence-corrected chi connectivity index (χ2v) is 5.23. The number of piperazine rings is 1. The molecule has 0 atom stereocenters. The van der Waals surface area contributed by atoms with Gasteiger partial charge in [-0.1, -0.05) is 18.2 Å². The van der Waals surface area contributed by atoms with Gasteiger partial charge in [0.15, 0.2) is 0 Å². The van der Waals surface area contributed by atoms with Crippen LogP contribution < -0.4 is 5.73 Å². The number of anilines is 1. The van der Waals surface area contributed by atoms with Crippen molar-refractivity contribution in [3.8, 4) is 0 Å². The molecule has 0 bridgehead atoms. The molecule has 6 nitrogen and oxygen atoms in total. The number of aromatic nitrogens is 1. The molecule has 1 aliphatic rings. The molecule has 2 N–H and O–H groups in total. The number of fused-ring (bicyclic) bond motifs is 1. The lowest BCUT2D eigenvalue weighted by atomic mass is 10.1. The molecule has 0 saturated carbocycles. The minimum atomic E-state index is -0.0790. The van der Waals surface area contributed by atoms with Crippen LogP contribution in [-0.2, 0) is 16.1 Å². The van der Waals surface area contributed by atoms with Crippen molar-refractivity contribution in [2.45, 2.75) is 6.54 Å². The lowest BCUT2D eigenvalue weighted by molar-refractivity contribution is -0.149. The molecule has 0 aliphatic carbocycles. The Bertz CT molecular complexity index is 729. The first-order chi connectivity index (χ1) is 10.0. The van der Waals surface area contributed by atoms with Gasteiger partial charge in [0.25, 0.3) is 0 Å². The highest BCUT2D eigenvalue weighted by Gasteiger charge is 2.27. The summed E-state index contributed by atoms with van der Waals surface area (Å²) in [4.78, 5) is 31.0. The number of nitrogens with zero attached hydrogens (tertiary/aromatic N) is 3. The van der Waals surface area contributed by atoms with Crippen molar-refractivity contribution in [1.82, 2.24) is 14.8 Å². The normalized spacial score (nSPS) is 15.9. The number of carbonyl (C=O) groups excluding carboxylic acids is 2. The number of nitrogen functional groups attached to an aromatic ring is 1.